The number of carbonyl (C=O) groups is 1. The molecule has 94 valence electrons. The first-order valence-electron chi connectivity index (χ1n) is 6.10. The van der Waals surface area contributed by atoms with Crippen molar-refractivity contribution >= 4 is 5.97 Å². The minimum atomic E-state index is -1.04. The Morgan fingerprint density at radius 2 is 2.12 bits per heavy atom. The summed E-state index contributed by atoms with van der Waals surface area (Å²) in [5.41, 5.74) is -1.04. The van der Waals surface area contributed by atoms with Crippen LogP contribution in [-0.2, 0) is 4.79 Å². The number of hydrogen-bond donors (Lipinski definition) is 2. The van der Waals surface area contributed by atoms with Crippen LogP contribution in [-0.4, -0.2) is 45.8 Å². The summed E-state index contributed by atoms with van der Waals surface area (Å²) in [4.78, 5) is 13.3. The normalized spacial score (nSPS) is 28.6. The third kappa shape index (κ3) is 2.74. The largest absolute Gasteiger partial charge is 0.481 e. The number of nitrogens with zero attached hydrogens (tertiary/aromatic N) is 1. The molecule has 2 unspecified atom stereocenters. The number of hydrogen-bond acceptors (Lipinski definition) is 3. The molecule has 4 heteroatoms. The number of rotatable bonds is 5. The van der Waals surface area contributed by atoms with Crippen LogP contribution in [0.5, 0.6) is 0 Å². The summed E-state index contributed by atoms with van der Waals surface area (Å²) in [5.74, 6) is -1.49. The second-order valence-corrected chi connectivity index (χ2v) is 5.10. The molecule has 0 aromatic rings. The van der Waals surface area contributed by atoms with Crippen molar-refractivity contribution in [3.8, 4) is 0 Å². The molecule has 0 radical (unpaired) electrons. The van der Waals surface area contributed by atoms with Gasteiger partial charge < -0.3 is 10.2 Å². The Morgan fingerprint density at radius 3 is 2.50 bits per heavy atom. The van der Waals surface area contributed by atoms with Crippen LogP contribution in [0.15, 0.2) is 0 Å². The van der Waals surface area contributed by atoms with Crippen LogP contribution in [0.25, 0.3) is 0 Å². The maximum Gasteiger partial charge on any atom is 0.309 e. The van der Waals surface area contributed by atoms with E-state index >= 15 is 0 Å². The first-order chi connectivity index (χ1) is 7.40. The van der Waals surface area contributed by atoms with Crippen molar-refractivity contribution in [2.75, 3.05) is 13.1 Å². The number of carboxylic acids is 1. The van der Waals surface area contributed by atoms with Crippen molar-refractivity contribution in [1.29, 1.82) is 0 Å². The Bertz CT molecular complexity index is 255. The van der Waals surface area contributed by atoms with Gasteiger partial charge in [0.25, 0.3) is 0 Å². The molecule has 0 aromatic carbocycles. The minimum absolute atomic E-state index is 0.366. The molecule has 0 aromatic heterocycles. The fourth-order valence-corrected chi connectivity index (χ4v) is 2.48. The molecule has 1 aliphatic heterocycles. The Balaban J connectivity index is 2.73. The van der Waals surface area contributed by atoms with Gasteiger partial charge in [-0.2, -0.15) is 0 Å². The highest BCUT2D eigenvalue weighted by molar-refractivity contribution is 5.71. The van der Waals surface area contributed by atoms with Gasteiger partial charge in [0.15, 0.2) is 0 Å². The van der Waals surface area contributed by atoms with Crippen LogP contribution in [0.3, 0.4) is 0 Å². The molecule has 0 saturated carbocycles. The first kappa shape index (κ1) is 13.5. The monoisotopic (exact) mass is 229 g/mol. The predicted octanol–water partition coefficient (Wildman–Crippen LogP) is 1.33. The summed E-state index contributed by atoms with van der Waals surface area (Å²) in [6, 6.07) is 0.366. The third-order valence-electron chi connectivity index (χ3n) is 3.56. The first-order valence-corrected chi connectivity index (χ1v) is 6.10. The third-order valence-corrected chi connectivity index (χ3v) is 3.56. The molecule has 1 fully saturated rings. The van der Waals surface area contributed by atoms with Gasteiger partial charge in [-0.3, -0.25) is 9.69 Å². The van der Waals surface area contributed by atoms with Crippen molar-refractivity contribution in [2.45, 2.75) is 51.7 Å². The summed E-state index contributed by atoms with van der Waals surface area (Å²) in [7, 11) is 0. The molecule has 0 spiro atoms. The Kier molecular flexibility index (Phi) is 4.33. The van der Waals surface area contributed by atoms with E-state index in [0.717, 1.165) is 13.0 Å². The van der Waals surface area contributed by atoms with Crippen LogP contribution < -0.4 is 0 Å². The Hall–Kier alpha value is -0.610. The number of β-amino-alcohol motifs (C(OH)–C–C–N with tert-alkyl or cyclic N) is 1. The highest BCUT2D eigenvalue weighted by Crippen LogP contribution is 2.33. The average Bonchev–Trinajstić information content (AvgIpc) is 2.58. The predicted molar refractivity (Wildman–Crippen MR) is 62.3 cm³/mol. The number of likely N-dealkylation sites (tertiary alicyclic amines) is 1. The van der Waals surface area contributed by atoms with E-state index in [4.69, 9.17) is 0 Å². The molecule has 2 atom stereocenters. The second kappa shape index (κ2) is 5.15. The summed E-state index contributed by atoms with van der Waals surface area (Å²) >= 11 is 0. The van der Waals surface area contributed by atoms with Gasteiger partial charge in [0.2, 0.25) is 0 Å². The Morgan fingerprint density at radius 1 is 1.50 bits per heavy atom. The van der Waals surface area contributed by atoms with Gasteiger partial charge in [-0.15, -0.1) is 0 Å². The molecule has 2 N–H and O–H groups in total. The smallest absolute Gasteiger partial charge is 0.309 e. The van der Waals surface area contributed by atoms with Gasteiger partial charge in [0.05, 0.1) is 11.5 Å². The molecular formula is C12H23NO3. The van der Waals surface area contributed by atoms with Crippen LogP contribution in [0.2, 0.25) is 0 Å². The van der Waals surface area contributed by atoms with Crippen LogP contribution in [0, 0.1) is 5.92 Å². The summed E-state index contributed by atoms with van der Waals surface area (Å²) in [5, 5.41) is 19.6. The van der Waals surface area contributed by atoms with E-state index in [1.807, 2.05) is 6.92 Å². The van der Waals surface area contributed by atoms with E-state index in [2.05, 4.69) is 18.7 Å². The van der Waals surface area contributed by atoms with Gasteiger partial charge in [-0.05, 0) is 26.7 Å². The minimum Gasteiger partial charge on any atom is -0.481 e. The zero-order valence-electron chi connectivity index (χ0n) is 10.4. The zero-order valence-corrected chi connectivity index (χ0v) is 10.4. The molecule has 1 rings (SSSR count). The topological polar surface area (TPSA) is 60.8 Å². The second-order valence-electron chi connectivity index (χ2n) is 5.10. The van der Waals surface area contributed by atoms with E-state index in [1.54, 1.807) is 0 Å². The summed E-state index contributed by atoms with van der Waals surface area (Å²) in [6.07, 6.45) is 1.92. The van der Waals surface area contributed by atoms with Gasteiger partial charge >= 0.3 is 5.97 Å². The standard InChI is InChI=1S/C12H23NO3/c1-4-5-10(11(14)15)12(16)6-7-13(8-12)9(2)3/h9-10,16H,4-8H2,1-3H3,(H,14,15). The maximum absolute atomic E-state index is 11.2. The lowest BCUT2D eigenvalue weighted by Crippen LogP contribution is -2.45. The lowest BCUT2D eigenvalue weighted by Gasteiger charge is -2.30. The van der Waals surface area contributed by atoms with Crippen LogP contribution in [0.4, 0.5) is 0 Å². The highest BCUT2D eigenvalue weighted by atomic mass is 16.4. The van der Waals surface area contributed by atoms with Crippen molar-refractivity contribution in [1.82, 2.24) is 4.90 Å². The average molecular weight is 229 g/mol. The fraction of sp³-hybridized carbons (Fsp3) is 0.917. The van der Waals surface area contributed by atoms with Crippen molar-refractivity contribution < 1.29 is 15.0 Å². The lowest BCUT2D eigenvalue weighted by molar-refractivity contribution is -0.152. The van der Waals surface area contributed by atoms with Crippen molar-refractivity contribution in [2.24, 2.45) is 5.92 Å². The summed E-state index contributed by atoms with van der Waals surface area (Å²) < 4.78 is 0. The van der Waals surface area contributed by atoms with E-state index in [9.17, 15) is 15.0 Å². The molecule has 4 nitrogen and oxygen atoms in total. The molecule has 1 heterocycles. The van der Waals surface area contributed by atoms with E-state index in [0.29, 0.717) is 25.4 Å². The molecule has 0 aliphatic carbocycles. The van der Waals surface area contributed by atoms with Gasteiger partial charge in [-0.1, -0.05) is 13.3 Å². The highest BCUT2D eigenvalue weighted by Gasteiger charge is 2.46. The molecule has 16 heavy (non-hydrogen) atoms. The van der Waals surface area contributed by atoms with Crippen molar-refractivity contribution in [3.63, 3.8) is 0 Å². The molecule has 1 aliphatic rings. The van der Waals surface area contributed by atoms with Gasteiger partial charge in [-0.25, -0.2) is 0 Å². The number of aliphatic carboxylic acids is 1. The SMILES string of the molecule is CCCC(C(=O)O)C1(O)CCN(C(C)C)C1. The molecule has 0 bridgehead atoms. The molecular weight excluding hydrogens is 206 g/mol. The lowest BCUT2D eigenvalue weighted by atomic mass is 9.83. The Labute approximate surface area is 97.3 Å². The molecule has 0 amide bonds. The zero-order chi connectivity index (χ0) is 12.3. The van der Waals surface area contributed by atoms with E-state index in [1.165, 1.54) is 0 Å². The summed E-state index contributed by atoms with van der Waals surface area (Å²) in [6.45, 7) is 7.38. The quantitative estimate of drug-likeness (QED) is 0.746. The van der Waals surface area contributed by atoms with Crippen molar-refractivity contribution in [3.05, 3.63) is 0 Å². The van der Waals surface area contributed by atoms with E-state index in [-0.39, 0.29) is 0 Å². The maximum atomic E-state index is 11.2. The number of carboxylic acid groups (broad SMARTS) is 1. The fourth-order valence-electron chi connectivity index (χ4n) is 2.48. The van der Waals surface area contributed by atoms with Crippen LogP contribution >= 0.6 is 0 Å². The number of aliphatic hydroxyl groups is 1. The van der Waals surface area contributed by atoms with Gasteiger partial charge in [0, 0.05) is 19.1 Å². The van der Waals surface area contributed by atoms with Crippen LogP contribution in [0.1, 0.15) is 40.0 Å². The van der Waals surface area contributed by atoms with E-state index < -0.39 is 17.5 Å². The van der Waals surface area contributed by atoms with Gasteiger partial charge in [0.1, 0.15) is 0 Å². The molecule has 1 saturated heterocycles.